The first kappa shape index (κ1) is 18.1. The molecule has 2 saturated heterocycles. The highest BCUT2D eigenvalue weighted by molar-refractivity contribution is 6.05. The van der Waals surface area contributed by atoms with Gasteiger partial charge >= 0.3 is 0 Å². The summed E-state index contributed by atoms with van der Waals surface area (Å²) >= 11 is 0. The number of hydrogen-bond acceptors (Lipinski definition) is 6. The highest BCUT2D eigenvalue weighted by atomic mass is 16.5. The van der Waals surface area contributed by atoms with Gasteiger partial charge in [0.2, 0.25) is 11.8 Å². The van der Waals surface area contributed by atoms with Crippen LogP contribution >= 0.6 is 0 Å². The second kappa shape index (κ2) is 7.38. The van der Waals surface area contributed by atoms with E-state index in [0.29, 0.717) is 25.1 Å². The minimum atomic E-state index is -0.573. The summed E-state index contributed by atoms with van der Waals surface area (Å²) in [6, 6.07) is 5.49. The summed E-state index contributed by atoms with van der Waals surface area (Å²) in [5.74, 6) is -0.795. The molecule has 3 aliphatic rings. The first-order valence-corrected chi connectivity index (χ1v) is 9.30. The Hall–Kier alpha value is -2.29. The number of fused-ring (bicyclic) bond motifs is 1. The lowest BCUT2D eigenvalue weighted by molar-refractivity contribution is -0.136. The fourth-order valence-electron chi connectivity index (χ4n) is 4.09. The zero-order valence-electron chi connectivity index (χ0n) is 15.3. The molecule has 8 nitrogen and oxygen atoms in total. The number of imide groups is 1. The molecule has 3 aliphatic heterocycles. The molecule has 3 heterocycles. The van der Waals surface area contributed by atoms with Crippen LogP contribution in [0.4, 0.5) is 0 Å². The van der Waals surface area contributed by atoms with Crippen molar-refractivity contribution >= 4 is 17.7 Å². The molecule has 1 aromatic carbocycles. The van der Waals surface area contributed by atoms with Crippen LogP contribution in [0, 0.1) is 0 Å². The lowest BCUT2D eigenvalue weighted by Crippen LogP contribution is -2.52. The minimum Gasteiger partial charge on any atom is -0.378 e. The number of amides is 3. The summed E-state index contributed by atoms with van der Waals surface area (Å²) in [7, 11) is 1.72. The van der Waals surface area contributed by atoms with Gasteiger partial charge in [-0.25, -0.2) is 0 Å². The summed E-state index contributed by atoms with van der Waals surface area (Å²) in [4.78, 5) is 37.7. The predicted octanol–water partition coefficient (Wildman–Crippen LogP) is -0.476. The molecule has 3 N–H and O–H groups in total. The lowest BCUT2D eigenvalue weighted by Gasteiger charge is -2.29. The van der Waals surface area contributed by atoms with Crippen LogP contribution in [0.5, 0.6) is 0 Å². The Labute approximate surface area is 157 Å². The molecule has 27 heavy (non-hydrogen) atoms. The predicted molar refractivity (Wildman–Crippen MR) is 96.8 cm³/mol. The van der Waals surface area contributed by atoms with E-state index in [9.17, 15) is 14.4 Å². The molecule has 4 rings (SSSR count). The van der Waals surface area contributed by atoms with Gasteiger partial charge in [-0.2, -0.15) is 0 Å². The quantitative estimate of drug-likeness (QED) is 0.604. The van der Waals surface area contributed by atoms with Crippen molar-refractivity contribution in [1.29, 1.82) is 0 Å². The number of ether oxygens (including phenoxy) is 1. The Morgan fingerprint density at radius 1 is 1.26 bits per heavy atom. The molecule has 0 saturated carbocycles. The number of methoxy groups -OCH3 is 1. The van der Waals surface area contributed by atoms with Gasteiger partial charge in [0.1, 0.15) is 6.04 Å². The molecule has 1 aromatic rings. The number of hydrogen-bond donors (Lipinski definition) is 3. The second-order valence-electron chi connectivity index (χ2n) is 7.31. The standard InChI is InChI=1S/C19H24N4O4/c1-27-16-9-20-8-14(16)21-7-11-2-3-13-12(6-11)10-23(19(13)26)15-4-5-17(24)22-18(15)25/h2-3,6,14-16,20-21H,4-5,7-10H2,1H3,(H,22,24,25)/t14-,15?,16+/m0/s1. The molecule has 3 amide bonds. The molecule has 0 bridgehead atoms. The smallest absolute Gasteiger partial charge is 0.255 e. The van der Waals surface area contributed by atoms with Crippen molar-refractivity contribution in [1.82, 2.24) is 20.9 Å². The molecular formula is C19H24N4O4. The van der Waals surface area contributed by atoms with Crippen molar-refractivity contribution in [2.45, 2.75) is 44.1 Å². The Kier molecular flexibility index (Phi) is 4.94. The first-order chi connectivity index (χ1) is 13.1. The summed E-state index contributed by atoms with van der Waals surface area (Å²) in [6.45, 7) is 2.80. The van der Waals surface area contributed by atoms with Crippen molar-refractivity contribution in [3.05, 3.63) is 34.9 Å². The van der Waals surface area contributed by atoms with E-state index in [1.807, 2.05) is 18.2 Å². The van der Waals surface area contributed by atoms with Gasteiger partial charge < -0.3 is 20.3 Å². The van der Waals surface area contributed by atoms with Crippen LogP contribution in [-0.4, -0.2) is 61.0 Å². The van der Waals surface area contributed by atoms with Crippen molar-refractivity contribution in [2.75, 3.05) is 20.2 Å². The van der Waals surface area contributed by atoms with E-state index in [1.165, 1.54) is 0 Å². The van der Waals surface area contributed by atoms with Gasteiger partial charge in [-0.1, -0.05) is 12.1 Å². The Morgan fingerprint density at radius 2 is 2.11 bits per heavy atom. The Morgan fingerprint density at radius 3 is 2.89 bits per heavy atom. The highest BCUT2D eigenvalue weighted by Gasteiger charge is 2.39. The normalized spacial score (nSPS) is 27.8. The molecule has 0 radical (unpaired) electrons. The molecule has 1 unspecified atom stereocenters. The molecular weight excluding hydrogens is 348 g/mol. The number of carbonyl (C=O) groups excluding carboxylic acids is 3. The van der Waals surface area contributed by atoms with Gasteiger partial charge in [-0.05, 0) is 23.6 Å². The van der Waals surface area contributed by atoms with Gasteiger partial charge in [-0.3, -0.25) is 19.7 Å². The van der Waals surface area contributed by atoms with Crippen molar-refractivity contribution < 1.29 is 19.1 Å². The lowest BCUT2D eigenvalue weighted by atomic mass is 10.0. The third-order valence-corrected chi connectivity index (χ3v) is 5.62. The summed E-state index contributed by atoms with van der Waals surface area (Å²) < 4.78 is 5.46. The third kappa shape index (κ3) is 3.47. The zero-order valence-corrected chi connectivity index (χ0v) is 15.3. The van der Waals surface area contributed by atoms with Gasteiger partial charge in [0.15, 0.2) is 0 Å². The number of piperidine rings is 1. The molecule has 8 heteroatoms. The van der Waals surface area contributed by atoms with Crippen molar-refractivity contribution in [3.63, 3.8) is 0 Å². The summed E-state index contributed by atoms with van der Waals surface area (Å²) in [5, 5.41) is 9.13. The Bertz CT molecular complexity index is 781. The van der Waals surface area contributed by atoms with Gasteiger partial charge in [0, 0.05) is 51.3 Å². The first-order valence-electron chi connectivity index (χ1n) is 9.30. The van der Waals surface area contributed by atoms with Crippen LogP contribution in [0.15, 0.2) is 18.2 Å². The van der Waals surface area contributed by atoms with Gasteiger partial charge in [0.05, 0.1) is 6.10 Å². The fraction of sp³-hybridized carbons (Fsp3) is 0.526. The average molecular weight is 372 g/mol. The zero-order chi connectivity index (χ0) is 19.0. The monoisotopic (exact) mass is 372 g/mol. The maximum Gasteiger partial charge on any atom is 0.255 e. The van der Waals surface area contributed by atoms with Crippen molar-refractivity contribution in [2.24, 2.45) is 0 Å². The second-order valence-corrected chi connectivity index (χ2v) is 7.31. The number of benzene rings is 1. The maximum atomic E-state index is 12.7. The van der Waals surface area contributed by atoms with E-state index in [1.54, 1.807) is 12.0 Å². The topological polar surface area (TPSA) is 99.8 Å². The minimum absolute atomic E-state index is 0.140. The van der Waals surface area contributed by atoms with Gasteiger partial charge in [0.25, 0.3) is 5.91 Å². The fourth-order valence-corrected chi connectivity index (χ4v) is 4.09. The highest BCUT2D eigenvalue weighted by Crippen LogP contribution is 2.28. The molecule has 0 spiro atoms. The van der Waals surface area contributed by atoms with E-state index < -0.39 is 6.04 Å². The van der Waals surface area contributed by atoms with Gasteiger partial charge in [-0.15, -0.1) is 0 Å². The largest absolute Gasteiger partial charge is 0.378 e. The van der Waals surface area contributed by atoms with E-state index in [-0.39, 0.29) is 36.3 Å². The maximum absolute atomic E-state index is 12.7. The van der Waals surface area contributed by atoms with Crippen LogP contribution in [0.2, 0.25) is 0 Å². The number of nitrogens with one attached hydrogen (secondary N) is 3. The number of nitrogens with zero attached hydrogens (tertiary/aromatic N) is 1. The number of rotatable bonds is 5. The van der Waals surface area contributed by atoms with Crippen LogP contribution in [0.25, 0.3) is 0 Å². The van der Waals surface area contributed by atoms with Crippen molar-refractivity contribution in [3.8, 4) is 0 Å². The SMILES string of the molecule is CO[C@@H]1CNC[C@@H]1NCc1ccc2c(c1)CN(C1CCC(=O)NC1=O)C2=O. The summed E-state index contributed by atoms with van der Waals surface area (Å²) in [5.41, 5.74) is 2.66. The van der Waals surface area contributed by atoms with E-state index in [0.717, 1.165) is 24.2 Å². The molecule has 0 aliphatic carbocycles. The van der Waals surface area contributed by atoms with Crippen LogP contribution in [0.1, 0.15) is 34.3 Å². The van der Waals surface area contributed by atoms with Crippen LogP contribution in [0.3, 0.4) is 0 Å². The average Bonchev–Trinajstić information content (AvgIpc) is 3.24. The van der Waals surface area contributed by atoms with E-state index in [2.05, 4.69) is 16.0 Å². The summed E-state index contributed by atoms with van der Waals surface area (Å²) in [6.07, 6.45) is 0.803. The number of carbonyl (C=O) groups is 3. The molecule has 0 aromatic heterocycles. The molecule has 2 fully saturated rings. The van der Waals surface area contributed by atoms with Crippen LogP contribution in [-0.2, 0) is 27.4 Å². The van der Waals surface area contributed by atoms with Crippen LogP contribution < -0.4 is 16.0 Å². The third-order valence-electron chi connectivity index (χ3n) is 5.62. The Balaban J connectivity index is 1.43. The molecule has 144 valence electrons. The van der Waals surface area contributed by atoms with E-state index >= 15 is 0 Å². The van der Waals surface area contributed by atoms with E-state index in [4.69, 9.17) is 4.74 Å². The molecule has 3 atom stereocenters.